The van der Waals surface area contributed by atoms with Crippen molar-refractivity contribution in [2.24, 2.45) is 0 Å². The molecule has 0 saturated carbocycles. The van der Waals surface area contributed by atoms with Gasteiger partial charge in [0.25, 0.3) is 22.7 Å². The minimum atomic E-state index is -0.621. The van der Waals surface area contributed by atoms with Gasteiger partial charge in [0.1, 0.15) is 5.02 Å². The zero-order valence-corrected chi connectivity index (χ0v) is 18.0. The summed E-state index contributed by atoms with van der Waals surface area (Å²) in [5.74, 6) is -0.812. The summed E-state index contributed by atoms with van der Waals surface area (Å²) in [6.07, 6.45) is 2.28. The van der Waals surface area contributed by atoms with E-state index >= 15 is 0 Å². The second-order valence-electron chi connectivity index (χ2n) is 6.61. The van der Waals surface area contributed by atoms with E-state index in [-0.39, 0.29) is 34.6 Å². The van der Waals surface area contributed by atoms with Crippen LogP contribution < -0.4 is 5.32 Å². The van der Waals surface area contributed by atoms with Gasteiger partial charge in [0, 0.05) is 24.7 Å². The van der Waals surface area contributed by atoms with Crippen molar-refractivity contribution in [1.29, 1.82) is 0 Å². The molecule has 1 aliphatic rings. The van der Waals surface area contributed by atoms with Crippen molar-refractivity contribution in [3.63, 3.8) is 0 Å². The third-order valence-corrected chi connectivity index (χ3v) is 5.81. The average Bonchev–Trinajstić information content (AvgIpc) is 3.02. The summed E-state index contributed by atoms with van der Waals surface area (Å²) in [5.41, 5.74) is 1.71. The first-order valence-electron chi connectivity index (χ1n) is 9.36. The number of halogens is 1. The molecule has 1 aliphatic heterocycles. The summed E-state index contributed by atoms with van der Waals surface area (Å²) in [7, 11) is 0. The van der Waals surface area contributed by atoms with Crippen LogP contribution in [0.2, 0.25) is 5.02 Å². The van der Waals surface area contributed by atoms with E-state index in [0.29, 0.717) is 11.1 Å². The number of amides is 3. The van der Waals surface area contributed by atoms with Gasteiger partial charge in [-0.1, -0.05) is 36.7 Å². The van der Waals surface area contributed by atoms with E-state index in [1.54, 1.807) is 12.1 Å². The molecule has 31 heavy (non-hydrogen) atoms. The van der Waals surface area contributed by atoms with Crippen LogP contribution in [0.25, 0.3) is 6.08 Å². The summed E-state index contributed by atoms with van der Waals surface area (Å²) in [6.45, 7) is 2.14. The number of nitro groups is 1. The van der Waals surface area contributed by atoms with Gasteiger partial charge in [-0.3, -0.25) is 29.4 Å². The molecular weight excluding hydrogens is 442 g/mol. The number of benzene rings is 2. The van der Waals surface area contributed by atoms with Gasteiger partial charge in [0.2, 0.25) is 0 Å². The third kappa shape index (κ3) is 5.31. The van der Waals surface area contributed by atoms with E-state index in [2.05, 4.69) is 5.32 Å². The average molecular weight is 460 g/mol. The molecule has 8 nitrogen and oxygen atoms in total. The largest absolute Gasteiger partial charge is 0.350 e. The first-order valence-corrected chi connectivity index (χ1v) is 10.6. The third-order valence-electron chi connectivity index (χ3n) is 4.58. The molecule has 1 fully saturated rings. The van der Waals surface area contributed by atoms with Crippen LogP contribution in [0, 0.1) is 10.1 Å². The molecule has 160 valence electrons. The van der Waals surface area contributed by atoms with Gasteiger partial charge in [-0.2, -0.15) is 0 Å². The van der Waals surface area contributed by atoms with Gasteiger partial charge >= 0.3 is 0 Å². The van der Waals surface area contributed by atoms with Crippen molar-refractivity contribution in [2.75, 3.05) is 13.1 Å². The molecule has 1 N–H and O–H groups in total. The van der Waals surface area contributed by atoms with E-state index in [4.69, 9.17) is 11.6 Å². The number of hydrogen-bond donors (Lipinski definition) is 1. The Morgan fingerprint density at radius 1 is 1.23 bits per heavy atom. The number of carbonyl (C=O) groups is 3. The van der Waals surface area contributed by atoms with Crippen LogP contribution in [0.4, 0.5) is 10.5 Å². The molecule has 3 rings (SSSR count). The Kier molecular flexibility index (Phi) is 7.09. The summed E-state index contributed by atoms with van der Waals surface area (Å²) in [4.78, 5) is 48.6. The number of imide groups is 1. The zero-order valence-electron chi connectivity index (χ0n) is 16.5. The molecule has 0 radical (unpaired) electrons. The second-order valence-corrected chi connectivity index (χ2v) is 8.01. The monoisotopic (exact) mass is 459 g/mol. The van der Waals surface area contributed by atoms with Crippen LogP contribution in [0.1, 0.15) is 28.4 Å². The maximum atomic E-state index is 12.6. The lowest BCUT2D eigenvalue weighted by molar-refractivity contribution is -0.384. The molecule has 10 heteroatoms. The lowest BCUT2D eigenvalue weighted by Crippen LogP contribution is -2.37. The minimum Gasteiger partial charge on any atom is -0.350 e. The lowest BCUT2D eigenvalue weighted by atomic mass is 10.1. The summed E-state index contributed by atoms with van der Waals surface area (Å²) in [6, 6.07) is 11.3. The minimum absolute atomic E-state index is 0.0154. The molecule has 0 unspecified atom stereocenters. The number of rotatable bonds is 7. The van der Waals surface area contributed by atoms with E-state index in [9.17, 15) is 24.5 Å². The van der Waals surface area contributed by atoms with Crippen molar-refractivity contribution in [1.82, 2.24) is 10.2 Å². The maximum absolute atomic E-state index is 12.6. The molecule has 0 aromatic heterocycles. The Bertz CT molecular complexity index is 1080. The zero-order chi connectivity index (χ0) is 22.5. The summed E-state index contributed by atoms with van der Waals surface area (Å²) in [5, 5.41) is 13.2. The molecule has 0 aliphatic carbocycles. The van der Waals surface area contributed by atoms with Crippen LogP contribution in [-0.4, -0.2) is 40.0 Å². The van der Waals surface area contributed by atoms with Gasteiger partial charge in [-0.25, -0.2) is 0 Å². The smallest absolute Gasteiger partial charge is 0.293 e. The van der Waals surface area contributed by atoms with E-state index < -0.39 is 16.1 Å². The molecule has 0 atom stereocenters. The fourth-order valence-corrected chi connectivity index (χ4v) is 3.93. The fourth-order valence-electron chi connectivity index (χ4n) is 2.88. The molecule has 0 spiro atoms. The second kappa shape index (κ2) is 9.76. The predicted molar refractivity (Wildman–Crippen MR) is 119 cm³/mol. The van der Waals surface area contributed by atoms with Crippen LogP contribution >= 0.6 is 23.4 Å². The van der Waals surface area contributed by atoms with Crippen LogP contribution in [0.5, 0.6) is 0 Å². The van der Waals surface area contributed by atoms with Crippen molar-refractivity contribution in [2.45, 2.75) is 13.3 Å². The number of nitrogens with zero attached hydrogens (tertiary/aromatic N) is 2. The van der Waals surface area contributed by atoms with Crippen molar-refractivity contribution < 1.29 is 19.3 Å². The van der Waals surface area contributed by atoms with E-state index in [1.165, 1.54) is 24.3 Å². The van der Waals surface area contributed by atoms with Crippen molar-refractivity contribution in [3.8, 4) is 0 Å². The van der Waals surface area contributed by atoms with E-state index in [1.807, 2.05) is 19.1 Å². The molecular formula is C21H18ClN3O5S. The number of nitro benzene ring substituents is 1. The van der Waals surface area contributed by atoms with Crippen LogP contribution in [0.3, 0.4) is 0 Å². The topological polar surface area (TPSA) is 110 Å². The maximum Gasteiger partial charge on any atom is 0.293 e. The summed E-state index contributed by atoms with van der Waals surface area (Å²) < 4.78 is 0. The van der Waals surface area contributed by atoms with Crippen molar-refractivity contribution in [3.05, 3.63) is 79.2 Å². The molecule has 3 amide bonds. The Balaban J connectivity index is 1.62. The van der Waals surface area contributed by atoms with Gasteiger partial charge < -0.3 is 5.32 Å². The molecule has 1 saturated heterocycles. The highest BCUT2D eigenvalue weighted by atomic mass is 35.5. The number of hydrogen-bond acceptors (Lipinski definition) is 6. The van der Waals surface area contributed by atoms with Crippen molar-refractivity contribution >= 4 is 52.2 Å². The Hall–Kier alpha value is -3.17. The highest BCUT2D eigenvalue weighted by molar-refractivity contribution is 8.18. The molecule has 2 aromatic carbocycles. The predicted octanol–water partition coefficient (Wildman–Crippen LogP) is 4.28. The first kappa shape index (κ1) is 22.5. The Morgan fingerprint density at radius 2 is 1.94 bits per heavy atom. The highest BCUT2D eigenvalue weighted by Gasteiger charge is 2.34. The SMILES string of the molecule is CCc1ccc(C(=O)NCCN2C(=O)S/C(=C\c3ccc(Cl)c([N+](=O)[O-])c3)C2=O)cc1. The Morgan fingerprint density at radius 3 is 2.58 bits per heavy atom. The summed E-state index contributed by atoms with van der Waals surface area (Å²) >= 11 is 6.53. The number of nitrogens with one attached hydrogen (secondary N) is 1. The number of aryl methyl sites for hydroxylation is 1. The molecule has 2 aromatic rings. The molecule has 0 bridgehead atoms. The van der Waals surface area contributed by atoms with Gasteiger partial charge in [0.05, 0.1) is 9.83 Å². The van der Waals surface area contributed by atoms with Gasteiger partial charge in [-0.05, 0) is 53.6 Å². The first-order chi connectivity index (χ1) is 14.8. The number of thioether (sulfide) groups is 1. The van der Waals surface area contributed by atoms with E-state index in [0.717, 1.165) is 28.6 Å². The fraction of sp³-hybridized carbons (Fsp3) is 0.190. The highest BCUT2D eigenvalue weighted by Crippen LogP contribution is 2.33. The quantitative estimate of drug-likeness (QED) is 0.376. The molecule has 1 heterocycles. The normalized spacial score (nSPS) is 14.9. The lowest BCUT2D eigenvalue weighted by Gasteiger charge is -2.13. The van der Waals surface area contributed by atoms with Gasteiger partial charge in [-0.15, -0.1) is 0 Å². The Labute approximate surface area is 187 Å². The van der Waals surface area contributed by atoms with Crippen LogP contribution in [-0.2, 0) is 11.2 Å². The number of carbonyl (C=O) groups excluding carboxylic acids is 3. The van der Waals surface area contributed by atoms with Gasteiger partial charge in [0.15, 0.2) is 0 Å². The van der Waals surface area contributed by atoms with Crippen LogP contribution in [0.15, 0.2) is 47.4 Å². The standard InChI is InChI=1S/C21H18ClN3O5S/c1-2-13-3-6-15(7-4-13)19(26)23-9-10-24-20(27)18(31-21(24)28)12-14-5-8-16(22)17(11-14)25(29)30/h3-8,11-12H,2,9-10H2,1H3,(H,23,26)/b18-12-.